The van der Waals surface area contributed by atoms with Gasteiger partial charge in [0.2, 0.25) is 11.5 Å². The van der Waals surface area contributed by atoms with E-state index in [0.29, 0.717) is 13.1 Å². The Morgan fingerprint density at radius 3 is 2.38 bits per heavy atom. The molecular weight excluding hydrogens is 383 g/mol. The highest BCUT2D eigenvalue weighted by atomic mass is 19.1. The summed E-state index contributed by atoms with van der Waals surface area (Å²) < 4.78 is 18.8. The largest absolute Gasteiger partial charge is 0.440 e. The van der Waals surface area contributed by atoms with Crippen LogP contribution in [0.3, 0.4) is 0 Å². The molecule has 2 amide bonds. The van der Waals surface area contributed by atoms with Crippen molar-refractivity contribution in [3.05, 3.63) is 70.0 Å². The van der Waals surface area contributed by atoms with E-state index in [2.05, 4.69) is 4.98 Å². The number of hydrogen-bond acceptors (Lipinski definition) is 7. The molecule has 0 atom stereocenters. The molecule has 0 saturated heterocycles. The van der Waals surface area contributed by atoms with Crippen LogP contribution in [0.1, 0.15) is 13.8 Å². The molecule has 0 aliphatic carbocycles. The number of nitrogens with zero attached hydrogens (tertiary/aromatic N) is 4. The predicted octanol–water partition coefficient (Wildman–Crippen LogP) is 2.63. The highest BCUT2D eigenvalue weighted by Gasteiger charge is 2.44. The van der Waals surface area contributed by atoms with Gasteiger partial charge in [-0.2, -0.15) is 0 Å². The summed E-state index contributed by atoms with van der Waals surface area (Å²) in [4.78, 5) is 42.7. The molecule has 0 bridgehead atoms. The van der Waals surface area contributed by atoms with Gasteiger partial charge in [0.1, 0.15) is 12.0 Å². The van der Waals surface area contributed by atoms with Crippen molar-refractivity contribution in [1.82, 2.24) is 9.88 Å². The molecule has 0 spiro atoms. The third kappa shape index (κ3) is 3.64. The van der Waals surface area contributed by atoms with Gasteiger partial charge in [0.15, 0.2) is 5.70 Å². The zero-order valence-electron chi connectivity index (χ0n) is 15.7. The average Bonchev–Trinajstić information content (AvgIpc) is 2.94. The fourth-order valence-electron chi connectivity index (χ4n) is 2.94. The zero-order valence-corrected chi connectivity index (χ0v) is 15.7. The predicted molar refractivity (Wildman–Crippen MR) is 100 cm³/mol. The summed E-state index contributed by atoms with van der Waals surface area (Å²) in [6, 6.07) is 7.53. The summed E-state index contributed by atoms with van der Waals surface area (Å²) in [5, 5.41) is 11.2. The minimum absolute atomic E-state index is 0.0255. The van der Waals surface area contributed by atoms with Gasteiger partial charge in [0.25, 0.3) is 5.91 Å². The summed E-state index contributed by atoms with van der Waals surface area (Å²) in [7, 11) is 0. The molecule has 9 nitrogen and oxygen atoms in total. The Balaban J connectivity index is 2.09. The van der Waals surface area contributed by atoms with Gasteiger partial charge in [0, 0.05) is 13.1 Å². The van der Waals surface area contributed by atoms with Crippen molar-refractivity contribution in [2.24, 2.45) is 0 Å². The van der Waals surface area contributed by atoms with Gasteiger partial charge in [-0.3, -0.25) is 9.59 Å². The Kier molecular flexibility index (Phi) is 5.53. The number of aromatic nitrogens is 1. The summed E-state index contributed by atoms with van der Waals surface area (Å²) >= 11 is 0. The number of amides is 2. The van der Waals surface area contributed by atoms with Gasteiger partial charge in [0.05, 0.1) is 5.69 Å². The van der Waals surface area contributed by atoms with Crippen molar-refractivity contribution in [2.75, 3.05) is 18.0 Å². The molecule has 2 aromatic rings. The second-order valence-electron chi connectivity index (χ2n) is 5.96. The summed E-state index contributed by atoms with van der Waals surface area (Å²) in [6.45, 7) is 4.37. The minimum atomic E-state index is -0.804. The van der Waals surface area contributed by atoms with Gasteiger partial charge >= 0.3 is 11.7 Å². The van der Waals surface area contributed by atoms with E-state index in [1.165, 1.54) is 30.5 Å². The van der Waals surface area contributed by atoms with Crippen molar-refractivity contribution in [2.45, 2.75) is 13.8 Å². The normalized spacial score (nSPS) is 13.8. The maximum absolute atomic E-state index is 13.3. The monoisotopic (exact) mass is 400 g/mol. The third-order valence-corrected chi connectivity index (χ3v) is 4.32. The van der Waals surface area contributed by atoms with E-state index in [4.69, 9.17) is 4.74 Å². The van der Waals surface area contributed by atoms with Crippen molar-refractivity contribution in [3.8, 4) is 5.75 Å². The van der Waals surface area contributed by atoms with Crippen molar-refractivity contribution < 1.29 is 23.6 Å². The number of halogens is 1. The van der Waals surface area contributed by atoms with E-state index in [1.54, 1.807) is 18.7 Å². The first-order chi connectivity index (χ1) is 13.9. The van der Waals surface area contributed by atoms with Crippen molar-refractivity contribution in [1.29, 1.82) is 0 Å². The van der Waals surface area contributed by atoms with Crippen LogP contribution in [0, 0.1) is 15.9 Å². The standard InChI is InChI=1S/C19H17FN4O5/c1-3-22(4-2)15-16(29-14-6-5-11-21-17(14)24(27)28)19(26)23(18(15)25)13-9-7-12(20)8-10-13/h5-11H,3-4H2,1-2H3. The smallest absolute Gasteiger partial charge is 0.406 e. The average molecular weight is 400 g/mol. The maximum atomic E-state index is 13.3. The van der Waals surface area contributed by atoms with Gasteiger partial charge in [-0.25, -0.2) is 9.29 Å². The molecule has 0 unspecified atom stereocenters. The molecule has 1 aliphatic heterocycles. The molecule has 29 heavy (non-hydrogen) atoms. The SMILES string of the molecule is CCN(CC)C1=C(Oc2cccnc2[N+](=O)[O-])C(=O)N(c2ccc(F)cc2)C1=O. The number of rotatable bonds is 7. The molecule has 1 aliphatic rings. The second kappa shape index (κ2) is 8.05. The minimum Gasteiger partial charge on any atom is -0.440 e. The molecule has 0 radical (unpaired) electrons. The van der Waals surface area contributed by atoms with Crippen LogP contribution in [0.4, 0.5) is 15.9 Å². The number of hydrogen-bond donors (Lipinski definition) is 0. The number of nitro groups is 1. The van der Waals surface area contributed by atoms with Crippen LogP contribution < -0.4 is 9.64 Å². The molecule has 0 fully saturated rings. The number of likely N-dealkylation sites (N-methyl/N-ethyl adjacent to an activating group) is 1. The van der Waals surface area contributed by atoms with Gasteiger partial charge in [-0.1, -0.05) is 0 Å². The molecule has 10 heteroatoms. The van der Waals surface area contributed by atoms with Crippen LogP contribution >= 0.6 is 0 Å². The van der Waals surface area contributed by atoms with Crippen molar-refractivity contribution in [3.63, 3.8) is 0 Å². The number of benzene rings is 1. The third-order valence-electron chi connectivity index (χ3n) is 4.32. The Bertz CT molecular complexity index is 1000. The fraction of sp³-hybridized carbons (Fsp3) is 0.211. The molecule has 0 saturated carbocycles. The molecule has 1 aromatic carbocycles. The topological polar surface area (TPSA) is 106 Å². The zero-order chi connectivity index (χ0) is 21.1. The number of ether oxygens (including phenoxy) is 1. The van der Waals surface area contributed by atoms with Gasteiger partial charge < -0.3 is 19.8 Å². The Hall–Kier alpha value is -3.82. The lowest BCUT2D eigenvalue weighted by atomic mass is 10.3. The number of anilines is 1. The molecule has 150 valence electrons. The van der Waals surface area contributed by atoms with E-state index in [9.17, 15) is 24.1 Å². The van der Waals surface area contributed by atoms with Gasteiger partial charge in [-0.05, 0) is 60.2 Å². The first-order valence-electron chi connectivity index (χ1n) is 8.79. The first-order valence-corrected chi connectivity index (χ1v) is 8.79. The molecular formula is C19H17FN4O5. The summed E-state index contributed by atoms with van der Waals surface area (Å²) in [5.74, 6) is -3.18. The molecule has 0 N–H and O–H groups in total. The van der Waals surface area contributed by atoms with Crippen LogP contribution in [0.2, 0.25) is 0 Å². The van der Waals surface area contributed by atoms with Crippen LogP contribution in [0.25, 0.3) is 0 Å². The van der Waals surface area contributed by atoms with Crippen LogP contribution in [0.15, 0.2) is 54.1 Å². The van der Waals surface area contributed by atoms with Crippen LogP contribution in [-0.4, -0.2) is 39.7 Å². The second-order valence-corrected chi connectivity index (χ2v) is 5.96. The van der Waals surface area contributed by atoms with E-state index < -0.39 is 28.4 Å². The quantitative estimate of drug-likeness (QED) is 0.400. The highest BCUT2D eigenvalue weighted by molar-refractivity contribution is 6.32. The van der Waals surface area contributed by atoms with E-state index in [1.807, 2.05) is 0 Å². The van der Waals surface area contributed by atoms with Crippen LogP contribution in [-0.2, 0) is 9.59 Å². The summed E-state index contributed by atoms with van der Waals surface area (Å²) in [6.07, 6.45) is 1.22. The fourth-order valence-corrected chi connectivity index (χ4v) is 2.94. The molecule has 2 heterocycles. The van der Waals surface area contributed by atoms with E-state index in [-0.39, 0.29) is 22.9 Å². The lowest BCUT2D eigenvalue weighted by molar-refractivity contribution is -0.390. The first kappa shape index (κ1) is 19.9. The number of carbonyl (C=O) groups is 2. The Morgan fingerprint density at radius 2 is 1.79 bits per heavy atom. The Morgan fingerprint density at radius 1 is 1.14 bits per heavy atom. The van der Waals surface area contributed by atoms with Crippen molar-refractivity contribution >= 4 is 23.3 Å². The van der Waals surface area contributed by atoms with E-state index >= 15 is 0 Å². The van der Waals surface area contributed by atoms with E-state index in [0.717, 1.165) is 17.0 Å². The summed E-state index contributed by atoms with van der Waals surface area (Å²) in [5.41, 5.74) is 0.132. The molecule has 3 rings (SSSR count). The number of pyridine rings is 1. The number of imide groups is 1. The Labute approximate surface area is 165 Å². The lowest BCUT2D eigenvalue weighted by Gasteiger charge is -2.22. The lowest BCUT2D eigenvalue weighted by Crippen LogP contribution is -2.35. The number of carbonyl (C=O) groups excluding carboxylic acids is 2. The molecule has 1 aromatic heterocycles. The maximum Gasteiger partial charge on any atom is 0.406 e. The highest BCUT2D eigenvalue weighted by Crippen LogP contribution is 2.33. The van der Waals surface area contributed by atoms with Gasteiger partial charge in [-0.15, -0.1) is 0 Å². The van der Waals surface area contributed by atoms with Crippen LogP contribution in [0.5, 0.6) is 5.75 Å².